The monoisotopic (exact) mass is 313 g/mol. The first-order valence-electron chi connectivity index (χ1n) is 6.86. The molecule has 0 fully saturated rings. The average molecular weight is 313 g/mol. The third-order valence-electron chi connectivity index (χ3n) is 3.24. The second kappa shape index (κ2) is 6.30. The molecule has 1 aromatic carbocycles. The zero-order valence-electron chi connectivity index (χ0n) is 11.9. The van der Waals surface area contributed by atoms with E-state index < -0.39 is 11.4 Å². The Kier molecular flexibility index (Phi) is 4.05. The number of amides is 1. The Balaban J connectivity index is 1.71. The molecule has 0 aliphatic carbocycles. The van der Waals surface area contributed by atoms with E-state index in [1.54, 1.807) is 12.1 Å². The lowest BCUT2D eigenvalue weighted by atomic mass is 10.2. The van der Waals surface area contributed by atoms with Crippen molar-refractivity contribution in [3.63, 3.8) is 0 Å². The van der Waals surface area contributed by atoms with Crippen LogP contribution in [0.15, 0.2) is 47.5 Å². The fraction of sp³-hybridized carbons (Fsp3) is 0.133. The normalized spacial score (nSPS) is 10.7. The van der Waals surface area contributed by atoms with Gasteiger partial charge < -0.3 is 5.32 Å². The van der Waals surface area contributed by atoms with Crippen molar-refractivity contribution in [3.05, 3.63) is 64.5 Å². The Morgan fingerprint density at radius 1 is 1.22 bits per heavy atom. The molecule has 0 aliphatic heterocycles. The highest BCUT2D eigenvalue weighted by Gasteiger charge is 2.08. The van der Waals surface area contributed by atoms with E-state index >= 15 is 0 Å². The van der Waals surface area contributed by atoms with Gasteiger partial charge in [-0.05, 0) is 30.3 Å². The molecule has 3 rings (SSSR count). The predicted molar refractivity (Wildman–Crippen MR) is 80.3 cm³/mol. The second-order valence-electron chi connectivity index (χ2n) is 4.77. The standard InChI is InChI=1S/C15H12FN5O2/c16-11-1-2-13-12(9-11)15(23)21(20-19-13)8-7-18-14(22)10-3-5-17-6-4-10/h1-6,9H,7-8H2,(H,18,22). The van der Waals surface area contributed by atoms with Crippen molar-refractivity contribution in [2.75, 3.05) is 6.54 Å². The van der Waals surface area contributed by atoms with E-state index in [4.69, 9.17) is 0 Å². The maximum absolute atomic E-state index is 13.2. The minimum Gasteiger partial charge on any atom is -0.350 e. The van der Waals surface area contributed by atoms with Crippen LogP contribution in [0.5, 0.6) is 0 Å². The van der Waals surface area contributed by atoms with Crippen molar-refractivity contribution in [2.24, 2.45) is 0 Å². The van der Waals surface area contributed by atoms with Crippen LogP contribution in [-0.2, 0) is 6.54 Å². The minimum atomic E-state index is -0.514. The van der Waals surface area contributed by atoms with Crippen LogP contribution in [0.25, 0.3) is 10.9 Å². The van der Waals surface area contributed by atoms with Crippen LogP contribution in [0.4, 0.5) is 4.39 Å². The summed E-state index contributed by atoms with van der Waals surface area (Å²) in [5.74, 6) is -0.791. The number of nitrogens with zero attached hydrogens (tertiary/aromatic N) is 4. The van der Waals surface area contributed by atoms with Gasteiger partial charge in [0, 0.05) is 24.5 Å². The number of fused-ring (bicyclic) bond motifs is 1. The molecule has 2 heterocycles. The Bertz CT molecular complexity index is 911. The molecule has 116 valence electrons. The van der Waals surface area contributed by atoms with E-state index in [9.17, 15) is 14.0 Å². The maximum atomic E-state index is 13.2. The molecule has 0 bridgehead atoms. The highest BCUT2D eigenvalue weighted by atomic mass is 19.1. The van der Waals surface area contributed by atoms with Gasteiger partial charge in [0.2, 0.25) is 0 Å². The number of hydrogen-bond donors (Lipinski definition) is 1. The first kappa shape index (κ1) is 14.8. The molecule has 0 saturated carbocycles. The molecule has 3 aromatic rings. The molecule has 1 amide bonds. The molecule has 0 spiro atoms. The third kappa shape index (κ3) is 3.20. The molecule has 23 heavy (non-hydrogen) atoms. The van der Waals surface area contributed by atoms with Gasteiger partial charge in [-0.25, -0.2) is 9.07 Å². The Morgan fingerprint density at radius 3 is 2.78 bits per heavy atom. The van der Waals surface area contributed by atoms with Crippen molar-refractivity contribution in [2.45, 2.75) is 6.54 Å². The van der Waals surface area contributed by atoms with Gasteiger partial charge >= 0.3 is 0 Å². The molecule has 1 N–H and O–H groups in total. The molecule has 0 aliphatic rings. The fourth-order valence-electron chi connectivity index (χ4n) is 2.08. The number of nitrogens with one attached hydrogen (secondary N) is 1. The molecule has 0 unspecified atom stereocenters. The van der Waals surface area contributed by atoms with Gasteiger partial charge in [0.05, 0.1) is 11.9 Å². The van der Waals surface area contributed by atoms with E-state index in [1.165, 1.54) is 24.5 Å². The molecule has 0 saturated heterocycles. The van der Waals surface area contributed by atoms with E-state index in [2.05, 4.69) is 20.6 Å². The number of halogens is 1. The van der Waals surface area contributed by atoms with Crippen LogP contribution in [0.3, 0.4) is 0 Å². The number of hydrogen-bond acceptors (Lipinski definition) is 5. The Morgan fingerprint density at radius 2 is 2.00 bits per heavy atom. The lowest BCUT2D eigenvalue weighted by Crippen LogP contribution is -2.32. The number of pyridine rings is 1. The van der Waals surface area contributed by atoms with Crippen molar-refractivity contribution in [1.29, 1.82) is 0 Å². The molecule has 8 heteroatoms. The first-order valence-corrected chi connectivity index (χ1v) is 6.86. The summed E-state index contributed by atoms with van der Waals surface area (Å²) in [5, 5.41) is 10.5. The number of carbonyl (C=O) groups is 1. The van der Waals surface area contributed by atoms with Gasteiger partial charge in [-0.3, -0.25) is 14.6 Å². The lowest BCUT2D eigenvalue weighted by molar-refractivity contribution is 0.0951. The SMILES string of the molecule is O=C(NCCn1nnc2ccc(F)cc2c1=O)c1ccncc1. The zero-order valence-corrected chi connectivity index (χ0v) is 11.9. The van der Waals surface area contributed by atoms with E-state index in [-0.39, 0.29) is 24.4 Å². The number of rotatable bonds is 4. The van der Waals surface area contributed by atoms with Gasteiger partial charge in [-0.15, -0.1) is 5.10 Å². The molecule has 0 radical (unpaired) electrons. The van der Waals surface area contributed by atoms with Crippen molar-refractivity contribution in [3.8, 4) is 0 Å². The number of aromatic nitrogens is 4. The molecular formula is C15H12FN5O2. The summed E-state index contributed by atoms with van der Waals surface area (Å²) in [6.07, 6.45) is 3.03. The highest BCUT2D eigenvalue weighted by Crippen LogP contribution is 2.07. The van der Waals surface area contributed by atoms with Crippen molar-refractivity contribution >= 4 is 16.8 Å². The topological polar surface area (TPSA) is 89.8 Å². The van der Waals surface area contributed by atoms with Crippen LogP contribution >= 0.6 is 0 Å². The van der Waals surface area contributed by atoms with Crippen LogP contribution in [0.1, 0.15) is 10.4 Å². The first-order chi connectivity index (χ1) is 11.1. The summed E-state index contributed by atoms with van der Waals surface area (Å²) >= 11 is 0. The summed E-state index contributed by atoms with van der Waals surface area (Å²) < 4.78 is 14.3. The van der Waals surface area contributed by atoms with Crippen LogP contribution in [-0.4, -0.2) is 32.4 Å². The molecule has 7 nitrogen and oxygen atoms in total. The quantitative estimate of drug-likeness (QED) is 0.768. The van der Waals surface area contributed by atoms with Crippen LogP contribution in [0.2, 0.25) is 0 Å². The summed E-state index contributed by atoms with van der Waals surface area (Å²) in [7, 11) is 0. The van der Waals surface area contributed by atoms with E-state index in [1.807, 2.05) is 0 Å². The Labute approximate surface area is 129 Å². The molecule has 2 aromatic heterocycles. The van der Waals surface area contributed by atoms with Gasteiger partial charge in [0.25, 0.3) is 11.5 Å². The van der Waals surface area contributed by atoms with Gasteiger partial charge in [0.15, 0.2) is 0 Å². The zero-order chi connectivity index (χ0) is 16.2. The summed E-state index contributed by atoms with van der Waals surface area (Å²) in [5.41, 5.74) is 0.347. The van der Waals surface area contributed by atoms with Crippen LogP contribution in [0, 0.1) is 5.82 Å². The maximum Gasteiger partial charge on any atom is 0.277 e. The largest absolute Gasteiger partial charge is 0.350 e. The third-order valence-corrected chi connectivity index (χ3v) is 3.24. The minimum absolute atomic E-state index is 0.134. The highest BCUT2D eigenvalue weighted by molar-refractivity contribution is 5.93. The average Bonchev–Trinajstić information content (AvgIpc) is 2.58. The van der Waals surface area contributed by atoms with Gasteiger partial charge in [0.1, 0.15) is 11.3 Å². The smallest absolute Gasteiger partial charge is 0.277 e. The van der Waals surface area contributed by atoms with Crippen molar-refractivity contribution in [1.82, 2.24) is 25.3 Å². The summed E-state index contributed by atoms with van der Waals surface area (Å²) in [4.78, 5) is 27.9. The van der Waals surface area contributed by atoms with E-state index in [0.717, 1.165) is 10.7 Å². The molecular weight excluding hydrogens is 301 g/mol. The number of carbonyl (C=O) groups excluding carboxylic acids is 1. The summed E-state index contributed by atoms with van der Waals surface area (Å²) in [6.45, 7) is 0.325. The second-order valence-corrected chi connectivity index (χ2v) is 4.77. The lowest BCUT2D eigenvalue weighted by Gasteiger charge is -2.07. The predicted octanol–water partition coefficient (Wildman–Crippen LogP) is 0.756. The van der Waals surface area contributed by atoms with E-state index in [0.29, 0.717) is 11.1 Å². The number of benzene rings is 1. The van der Waals surface area contributed by atoms with Gasteiger partial charge in [-0.2, -0.15) is 0 Å². The molecule has 0 atom stereocenters. The Hall–Kier alpha value is -3.16. The van der Waals surface area contributed by atoms with Crippen LogP contribution < -0.4 is 10.9 Å². The van der Waals surface area contributed by atoms with Gasteiger partial charge in [-0.1, -0.05) is 5.21 Å². The summed E-state index contributed by atoms with van der Waals surface area (Å²) in [6, 6.07) is 6.91. The van der Waals surface area contributed by atoms with Crippen molar-refractivity contribution < 1.29 is 9.18 Å². The fourth-order valence-corrected chi connectivity index (χ4v) is 2.08.